The third-order valence-electron chi connectivity index (χ3n) is 0.909. The van der Waals surface area contributed by atoms with Gasteiger partial charge in [-0.05, 0) is 0 Å². The highest BCUT2D eigenvalue weighted by atomic mass is 35.5. The molecule has 2 unspecified atom stereocenters. The van der Waals surface area contributed by atoms with Gasteiger partial charge in [0.1, 0.15) is 0 Å². The van der Waals surface area contributed by atoms with Crippen LogP contribution in [-0.4, -0.2) is 27.7 Å². The third-order valence-corrected chi connectivity index (χ3v) is 2.45. The Labute approximate surface area is 74.1 Å². The molecule has 2 nitrogen and oxygen atoms in total. The van der Waals surface area contributed by atoms with Gasteiger partial charge in [-0.1, -0.05) is 0 Å². The molecule has 0 amide bonds. The van der Waals surface area contributed by atoms with Gasteiger partial charge in [-0.3, -0.25) is 4.79 Å². The monoisotopic (exact) mass is 204 g/mol. The summed E-state index contributed by atoms with van der Waals surface area (Å²) in [6.45, 7) is 0. The summed E-state index contributed by atoms with van der Waals surface area (Å²) < 4.78 is 0. The lowest BCUT2D eigenvalue weighted by Gasteiger charge is -2.09. The number of carbonyl (C=O) groups is 1. The first-order chi connectivity index (χ1) is 4.57. The van der Waals surface area contributed by atoms with Crippen molar-refractivity contribution in [3.63, 3.8) is 0 Å². The molecule has 10 heavy (non-hydrogen) atoms. The number of carboxylic acids is 1. The first-order valence-corrected chi connectivity index (χ1v) is 4.04. The van der Waals surface area contributed by atoms with Gasteiger partial charge in [0.05, 0.1) is 17.2 Å². The highest BCUT2D eigenvalue weighted by Crippen LogP contribution is 2.14. The molecule has 0 aromatic heterocycles. The van der Waals surface area contributed by atoms with Gasteiger partial charge in [0, 0.05) is 5.88 Å². The molecule has 0 aliphatic carbocycles. The summed E-state index contributed by atoms with van der Waals surface area (Å²) in [6.07, 6.45) is -0.150. The topological polar surface area (TPSA) is 37.3 Å². The summed E-state index contributed by atoms with van der Waals surface area (Å²) in [5, 5.41) is 7.18. The van der Waals surface area contributed by atoms with E-state index in [0.717, 1.165) is 0 Å². The third kappa shape index (κ3) is 4.20. The van der Waals surface area contributed by atoms with E-state index in [1.807, 2.05) is 0 Å². The zero-order chi connectivity index (χ0) is 8.15. The van der Waals surface area contributed by atoms with Crippen molar-refractivity contribution in [1.82, 2.24) is 0 Å². The normalized spacial score (nSPS) is 16.3. The van der Waals surface area contributed by atoms with Crippen LogP contribution in [0, 0.1) is 0 Å². The molecule has 0 fully saturated rings. The van der Waals surface area contributed by atoms with Crippen molar-refractivity contribution < 1.29 is 9.90 Å². The van der Waals surface area contributed by atoms with Gasteiger partial charge in [0.15, 0.2) is 0 Å². The molecule has 0 radical (unpaired) electrons. The maximum absolute atomic E-state index is 10.0. The second kappa shape index (κ2) is 5.05. The van der Waals surface area contributed by atoms with Gasteiger partial charge < -0.3 is 5.11 Å². The second-order valence-electron chi connectivity index (χ2n) is 1.78. The molecule has 0 aliphatic heterocycles. The predicted octanol–water partition coefficient (Wildman–Crippen LogP) is 1.91. The van der Waals surface area contributed by atoms with Crippen LogP contribution in [0.25, 0.3) is 0 Å². The molecule has 0 spiro atoms. The van der Waals surface area contributed by atoms with Gasteiger partial charge in [-0.25, -0.2) is 0 Å². The second-order valence-corrected chi connectivity index (χ2v) is 3.21. The van der Waals surface area contributed by atoms with Crippen LogP contribution in [0.1, 0.15) is 6.42 Å². The number of aliphatic carboxylic acids is 1. The number of rotatable bonds is 4. The summed E-state index contributed by atoms with van der Waals surface area (Å²) in [7, 11) is 0. The van der Waals surface area contributed by atoms with E-state index in [1.54, 1.807) is 0 Å². The number of hydrogen-bond acceptors (Lipinski definition) is 1. The van der Waals surface area contributed by atoms with Crippen molar-refractivity contribution >= 4 is 40.8 Å². The van der Waals surface area contributed by atoms with Crippen molar-refractivity contribution in [1.29, 1.82) is 0 Å². The molecule has 60 valence electrons. The molecule has 0 rings (SSSR count). The summed E-state index contributed by atoms with van der Waals surface area (Å²) in [5.74, 6) is -0.793. The Hall–Kier alpha value is 0.340. The van der Waals surface area contributed by atoms with Gasteiger partial charge in [-0.2, -0.15) is 0 Å². The van der Waals surface area contributed by atoms with Crippen LogP contribution in [-0.2, 0) is 4.79 Å². The molecule has 0 bridgehead atoms. The SMILES string of the molecule is O=C(O)CC(Cl)C(Cl)CCl. The van der Waals surface area contributed by atoms with E-state index in [9.17, 15) is 4.79 Å². The van der Waals surface area contributed by atoms with Gasteiger partial charge in [-0.15, -0.1) is 34.8 Å². The van der Waals surface area contributed by atoms with E-state index in [4.69, 9.17) is 39.9 Å². The molecule has 0 aromatic rings. The molecule has 1 N–H and O–H groups in total. The lowest BCUT2D eigenvalue weighted by atomic mass is 10.2. The van der Waals surface area contributed by atoms with Crippen LogP contribution < -0.4 is 0 Å². The highest BCUT2D eigenvalue weighted by Gasteiger charge is 2.18. The maximum atomic E-state index is 10.0. The summed E-state index contributed by atoms with van der Waals surface area (Å²) in [6, 6.07) is 0. The number of hydrogen-bond donors (Lipinski definition) is 1. The van der Waals surface area contributed by atoms with Crippen molar-refractivity contribution in [2.75, 3.05) is 5.88 Å². The maximum Gasteiger partial charge on any atom is 0.304 e. The fraction of sp³-hybridized carbons (Fsp3) is 0.800. The zero-order valence-electron chi connectivity index (χ0n) is 5.06. The first kappa shape index (κ1) is 10.3. The van der Waals surface area contributed by atoms with Crippen molar-refractivity contribution in [2.45, 2.75) is 17.2 Å². The highest BCUT2D eigenvalue weighted by molar-refractivity contribution is 6.34. The minimum absolute atomic E-state index is 0.150. The average Bonchev–Trinajstić information content (AvgIpc) is 1.85. The van der Waals surface area contributed by atoms with Crippen molar-refractivity contribution in [3.05, 3.63) is 0 Å². The van der Waals surface area contributed by atoms with Crippen LogP contribution in [0.2, 0.25) is 0 Å². The van der Waals surface area contributed by atoms with E-state index in [1.165, 1.54) is 0 Å². The van der Waals surface area contributed by atoms with Gasteiger partial charge in [0.25, 0.3) is 0 Å². The molecule has 0 aliphatic rings. The Morgan fingerprint density at radius 3 is 2.20 bits per heavy atom. The van der Waals surface area contributed by atoms with Crippen LogP contribution in [0.5, 0.6) is 0 Å². The molecule has 5 heteroatoms. The Morgan fingerprint density at radius 2 is 1.90 bits per heavy atom. The van der Waals surface area contributed by atoms with Crippen LogP contribution in [0.4, 0.5) is 0 Å². The number of carboxylic acid groups (broad SMARTS) is 1. The minimum Gasteiger partial charge on any atom is -0.481 e. The molecule has 0 saturated heterocycles. The minimum atomic E-state index is -0.962. The Kier molecular flexibility index (Phi) is 5.22. The first-order valence-electron chi connectivity index (χ1n) is 2.63. The Morgan fingerprint density at radius 1 is 1.40 bits per heavy atom. The molecular weight excluding hydrogens is 198 g/mol. The van der Waals surface area contributed by atoms with E-state index < -0.39 is 16.7 Å². The fourth-order valence-electron chi connectivity index (χ4n) is 0.391. The quantitative estimate of drug-likeness (QED) is 0.712. The molecule has 0 saturated carbocycles. The Balaban J connectivity index is 3.61. The molecule has 2 atom stereocenters. The number of alkyl halides is 3. The van der Waals surface area contributed by atoms with Gasteiger partial charge in [0.2, 0.25) is 0 Å². The standard InChI is InChI=1S/C5H7Cl3O2/c6-2-4(8)3(7)1-5(9)10/h3-4H,1-2H2,(H,9,10). The van der Waals surface area contributed by atoms with Crippen molar-refractivity contribution in [3.8, 4) is 0 Å². The molecule has 0 heterocycles. The summed E-state index contributed by atoms with van der Waals surface area (Å²) in [5.41, 5.74) is 0. The fourth-order valence-corrected chi connectivity index (χ4v) is 1.01. The zero-order valence-corrected chi connectivity index (χ0v) is 7.33. The van der Waals surface area contributed by atoms with E-state index in [-0.39, 0.29) is 12.3 Å². The lowest BCUT2D eigenvalue weighted by molar-refractivity contribution is -0.137. The van der Waals surface area contributed by atoms with E-state index in [2.05, 4.69) is 0 Å². The van der Waals surface area contributed by atoms with Gasteiger partial charge >= 0.3 is 5.97 Å². The van der Waals surface area contributed by atoms with E-state index in [0.29, 0.717) is 0 Å². The smallest absolute Gasteiger partial charge is 0.304 e. The molecular formula is C5H7Cl3O2. The predicted molar refractivity (Wildman–Crippen MR) is 42.3 cm³/mol. The largest absolute Gasteiger partial charge is 0.481 e. The van der Waals surface area contributed by atoms with Crippen LogP contribution in [0.3, 0.4) is 0 Å². The number of halogens is 3. The molecule has 0 aromatic carbocycles. The van der Waals surface area contributed by atoms with Crippen LogP contribution in [0.15, 0.2) is 0 Å². The van der Waals surface area contributed by atoms with Crippen LogP contribution >= 0.6 is 34.8 Å². The Bertz CT molecular complexity index is 117. The average molecular weight is 205 g/mol. The lowest BCUT2D eigenvalue weighted by Crippen LogP contribution is -2.20. The van der Waals surface area contributed by atoms with Crippen molar-refractivity contribution in [2.24, 2.45) is 0 Å². The summed E-state index contributed by atoms with van der Waals surface area (Å²) in [4.78, 5) is 10.0. The summed E-state index contributed by atoms with van der Waals surface area (Å²) >= 11 is 16.4. The van der Waals surface area contributed by atoms with E-state index >= 15 is 0 Å².